The molecule has 1 aromatic carbocycles. The molecule has 148 valence electrons. The number of carbonyl (C=O) groups excluding carboxylic acids is 1. The molecule has 0 aliphatic heterocycles. The molecule has 0 radical (unpaired) electrons. The highest BCUT2D eigenvalue weighted by Crippen LogP contribution is 2.26. The second kappa shape index (κ2) is 8.59. The maximum absolute atomic E-state index is 13.2. The van der Waals surface area contributed by atoms with Crippen molar-refractivity contribution >= 4 is 40.8 Å². The molecular weight excluding hydrogens is 436 g/mol. The number of fused-ring (bicyclic) bond motifs is 1. The molecule has 0 fully saturated rings. The summed E-state index contributed by atoms with van der Waals surface area (Å²) in [5.74, 6) is 0.591. The maximum atomic E-state index is 13.2. The molecule has 3 aromatic rings. The molecule has 0 saturated heterocycles. The van der Waals surface area contributed by atoms with E-state index in [1.807, 2.05) is 29.0 Å². The van der Waals surface area contributed by atoms with E-state index in [0.717, 1.165) is 21.6 Å². The quantitative estimate of drug-likeness (QED) is 0.258. The number of pyridine rings is 1. The van der Waals surface area contributed by atoms with Crippen LogP contribution in [0.25, 0.3) is 11.0 Å². The number of ketones is 1. The average Bonchev–Trinajstić information content (AvgIpc) is 3.01. The average molecular weight is 461 g/mol. The molecule has 0 saturated carbocycles. The van der Waals surface area contributed by atoms with Gasteiger partial charge in [0, 0.05) is 48.1 Å². The molecule has 0 N–H and O–H groups in total. The number of benzene rings is 1. The van der Waals surface area contributed by atoms with Gasteiger partial charge in [0.15, 0.2) is 5.78 Å². The number of hydrogen-bond acceptors (Lipinski definition) is 4. The van der Waals surface area contributed by atoms with Gasteiger partial charge < -0.3 is 14.0 Å². The van der Waals surface area contributed by atoms with Crippen LogP contribution in [-0.2, 0) is 11.5 Å². The number of nitrogens with zero attached hydrogens (tertiary/aromatic N) is 2. The number of hydrogen-bond donors (Lipinski definition) is 0. The van der Waals surface area contributed by atoms with Gasteiger partial charge in [-0.1, -0.05) is 31.8 Å². The zero-order valence-corrected chi connectivity index (χ0v) is 19.2. The first kappa shape index (κ1) is 20.8. The van der Waals surface area contributed by atoms with Crippen molar-refractivity contribution in [1.29, 1.82) is 0 Å². The van der Waals surface area contributed by atoms with Crippen LogP contribution in [0.2, 0.25) is 25.7 Å². The zero-order valence-electron chi connectivity index (χ0n) is 16.7. The van der Waals surface area contributed by atoms with Crippen molar-refractivity contribution in [3.05, 3.63) is 58.3 Å². The smallest absolute Gasteiger partial charge is 0.195 e. The fourth-order valence-electron chi connectivity index (χ4n) is 2.89. The first-order valence-corrected chi connectivity index (χ1v) is 13.7. The van der Waals surface area contributed by atoms with Crippen molar-refractivity contribution in [3.8, 4) is 5.75 Å². The lowest BCUT2D eigenvalue weighted by Crippen LogP contribution is -2.22. The molecule has 2 aromatic heterocycles. The first-order valence-electron chi connectivity index (χ1n) is 9.19. The van der Waals surface area contributed by atoms with Crippen molar-refractivity contribution in [1.82, 2.24) is 9.55 Å². The summed E-state index contributed by atoms with van der Waals surface area (Å²) in [6, 6.07) is 10.2. The number of halogens is 1. The van der Waals surface area contributed by atoms with Crippen molar-refractivity contribution in [2.45, 2.75) is 32.4 Å². The Labute approximate surface area is 174 Å². The van der Waals surface area contributed by atoms with E-state index < -0.39 is 8.07 Å². The molecule has 0 amide bonds. The fourth-order valence-corrected chi connectivity index (χ4v) is 3.97. The fraction of sp³-hybridized carbons (Fsp3) is 0.333. The highest BCUT2D eigenvalue weighted by Gasteiger charge is 2.19. The number of ether oxygens (including phenoxy) is 2. The Balaban J connectivity index is 1.91. The summed E-state index contributed by atoms with van der Waals surface area (Å²) in [5, 5.41) is 0.802. The summed E-state index contributed by atoms with van der Waals surface area (Å²) in [6.45, 7) is 8.06. The number of rotatable bonds is 8. The maximum Gasteiger partial charge on any atom is 0.195 e. The van der Waals surface area contributed by atoms with Crippen LogP contribution >= 0.6 is 15.9 Å². The Kier molecular flexibility index (Phi) is 6.37. The van der Waals surface area contributed by atoms with Gasteiger partial charge in [-0.3, -0.25) is 4.79 Å². The van der Waals surface area contributed by atoms with Crippen LogP contribution in [0.1, 0.15) is 15.9 Å². The minimum absolute atomic E-state index is 0.0651. The Morgan fingerprint density at radius 2 is 2.04 bits per heavy atom. The molecule has 0 spiro atoms. The lowest BCUT2D eigenvalue weighted by Gasteiger charge is -2.15. The van der Waals surface area contributed by atoms with Crippen LogP contribution in [0.5, 0.6) is 5.75 Å². The van der Waals surface area contributed by atoms with E-state index in [-0.39, 0.29) is 5.78 Å². The Hall–Kier alpha value is -1.96. The van der Waals surface area contributed by atoms with E-state index in [9.17, 15) is 4.79 Å². The van der Waals surface area contributed by atoms with Crippen LogP contribution in [-0.4, -0.2) is 37.1 Å². The monoisotopic (exact) mass is 460 g/mol. The Morgan fingerprint density at radius 1 is 1.25 bits per heavy atom. The SMILES string of the molecule is COc1cccc(C(=O)c2cn(COCC[Si](C)(C)C)c3ncc(Br)cc23)c1. The molecular formula is C21H25BrN2O3Si. The lowest BCUT2D eigenvalue weighted by molar-refractivity contribution is 0.0896. The molecule has 3 rings (SSSR count). The normalized spacial score (nSPS) is 11.8. The predicted molar refractivity (Wildman–Crippen MR) is 118 cm³/mol. The molecule has 28 heavy (non-hydrogen) atoms. The van der Waals surface area contributed by atoms with Crippen LogP contribution in [0.4, 0.5) is 0 Å². The van der Waals surface area contributed by atoms with Gasteiger partial charge in [0.1, 0.15) is 18.1 Å². The van der Waals surface area contributed by atoms with Crippen LogP contribution in [0.3, 0.4) is 0 Å². The zero-order chi connectivity index (χ0) is 20.3. The minimum atomic E-state index is -1.14. The van der Waals surface area contributed by atoms with E-state index in [2.05, 4.69) is 40.6 Å². The predicted octanol–water partition coefficient (Wildman–Crippen LogP) is 5.35. The molecule has 0 bridgehead atoms. The van der Waals surface area contributed by atoms with Gasteiger partial charge in [-0.2, -0.15) is 0 Å². The number of aromatic nitrogens is 2. The molecule has 2 heterocycles. The van der Waals surface area contributed by atoms with Crippen molar-refractivity contribution < 1.29 is 14.3 Å². The highest BCUT2D eigenvalue weighted by atomic mass is 79.9. The third kappa shape index (κ3) is 4.90. The standard InChI is InChI=1S/C21H25BrN2O3Si/c1-26-17-7-5-6-15(10-17)20(25)19-13-24(14-27-8-9-28(2,3)4)21-18(19)11-16(22)12-23-21/h5-7,10-13H,8-9,14H2,1-4H3. The summed E-state index contributed by atoms with van der Waals surface area (Å²) in [4.78, 5) is 17.7. The summed E-state index contributed by atoms with van der Waals surface area (Å²) >= 11 is 3.46. The van der Waals surface area contributed by atoms with Gasteiger partial charge in [0.2, 0.25) is 0 Å². The molecule has 5 nitrogen and oxygen atoms in total. The van der Waals surface area contributed by atoms with E-state index in [0.29, 0.717) is 30.2 Å². The summed E-state index contributed by atoms with van der Waals surface area (Å²) in [5.41, 5.74) is 1.92. The molecule has 0 aliphatic carbocycles. The highest BCUT2D eigenvalue weighted by molar-refractivity contribution is 9.10. The molecule has 0 aliphatic rings. The van der Waals surface area contributed by atoms with Gasteiger partial charge in [-0.05, 0) is 40.2 Å². The second-order valence-electron chi connectivity index (χ2n) is 7.95. The van der Waals surface area contributed by atoms with Crippen LogP contribution in [0.15, 0.2) is 47.2 Å². The summed E-state index contributed by atoms with van der Waals surface area (Å²) in [6.07, 6.45) is 3.57. The van der Waals surface area contributed by atoms with Gasteiger partial charge >= 0.3 is 0 Å². The van der Waals surface area contributed by atoms with E-state index >= 15 is 0 Å². The molecule has 7 heteroatoms. The van der Waals surface area contributed by atoms with Crippen LogP contribution < -0.4 is 4.74 Å². The molecule has 0 unspecified atom stereocenters. The third-order valence-corrected chi connectivity index (χ3v) is 6.62. The van der Waals surface area contributed by atoms with Gasteiger partial charge in [0.05, 0.1) is 7.11 Å². The number of methoxy groups -OCH3 is 1. The largest absolute Gasteiger partial charge is 0.497 e. The van der Waals surface area contributed by atoms with Crippen molar-refractivity contribution in [3.63, 3.8) is 0 Å². The summed E-state index contributed by atoms with van der Waals surface area (Å²) < 4.78 is 13.9. The molecule has 0 atom stereocenters. The van der Waals surface area contributed by atoms with Gasteiger partial charge in [0.25, 0.3) is 0 Å². The topological polar surface area (TPSA) is 53.4 Å². The van der Waals surface area contributed by atoms with Crippen molar-refractivity contribution in [2.24, 2.45) is 0 Å². The van der Waals surface area contributed by atoms with E-state index in [1.54, 1.807) is 25.4 Å². The summed E-state index contributed by atoms with van der Waals surface area (Å²) in [7, 11) is 0.447. The Morgan fingerprint density at radius 3 is 2.75 bits per heavy atom. The number of carbonyl (C=O) groups is 1. The van der Waals surface area contributed by atoms with Gasteiger partial charge in [-0.25, -0.2) is 4.98 Å². The van der Waals surface area contributed by atoms with Crippen molar-refractivity contribution in [2.75, 3.05) is 13.7 Å². The minimum Gasteiger partial charge on any atom is -0.497 e. The van der Waals surface area contributed by atoms with E-state index in [1.165, 1.54) is 0 Å². The van der Waals surface area contributed by atoms with E-state index in [4.69, 9.17) is 9.47 Å². The lowest BCUT2D eigenvalue weighted by atomic mass is 10.0. The van der Waals surface area contributed by atoms with Gasteiger partial charge in [-0.15, -0.1) is 0 Å². The third-order valence-electron chi connectivity index (χ3n) is 4.48. The van der Waals surface area contributed by atoms with Crippen LogP contribution in [0, 0.1) is 0 Å². The second-order valence-corrected chi connectivity index (χ2v) is 14.5. The first-order chi connectivity index (χ1) is 13.3. The Bertz CT molecular complexity index is 995.